The zero-order valence-corrected chi connectivity index (χ0v) is 18.3. The van der Waals surface area contributed by atoms with Gasteiger partial charge in [-0.2, -0.15) is 0 Å². The van der Waals surface area contributed by atoms with Crippen LogP contribution in [0.5, 0.6) is 0 Å². The van der Waals surface area contributed by atoms with E-state index in [0.29, 0.717) is 27.1 Å². The third kappa shape index (κ3) is 3.49. The van der Waals surface area contributed by atoms with Crippen molar-refractivity contribution in [2.24, 2.45) is 0 Å². The first-order chi connectivity index (χ1) is 16.0. The molecular weight excluding hydrogens is 442 g/mol. The summed E-state index contributed by atoms with van der Waals surface area (Å²) in [6, 6.07) is 20.1. The highest BCUT2D eigenvalue weighted by atomic mass is 35.5. The van der Waals surface area contributed by atoms with Gasteiger partial charge in [0.15, 0.2) is 5.43 Å². The lowest BCUT2D eigenvalue weighted by molar-refractivity contribution is 0.0599. The van der Waals surface area contributed by atoms with Crippen LogP contribution in [0.2, 0.25) is 5.02 Å². The molecule has 164 valence electrons. The zero-order chi connectivity index (χ0) is 23.1. The van der Waals surface area contributed by atoms with Crippen LogP contribution in [0.25, 0.3) is 11.0 Å². The second-order valence-corrected chi connectivity index (χ2v) is 8.12. The van der Waals surface area contributed by atoms with E-state index in [1.807, 2.05) is 18.2 Å². The van der Waals surface area contributed by atoms with Crippen molar-refractivity contribution in [1.82, 2.24) is 4.90 Å². The van der Waals surface area contributed by atoms with Crippen LogP contribution in [0.15, 0.2) is 82.0 Å². The van der Waals surface area contributed by atoms with Gasteiger partial charge < -0.3 is 14.1 Å². The number of para-hydroxylation sites is 1. The number of hydrogen-bond donors (Lipinski definition) is 0. The summed E-state index contributed by atoms with van der Waals surface area (Å²) in [7, 11) is 1.31. The Bertz CT molecular complexity index is 1460. The second-order valence-electron chi connectivity index (χ2n) is 7.71. The maximum Gasteiger partial charge on any atom is 0.337 e. The molecule has 0 saturated heterocycles. The molecule has 1 aromatic heterocycles. The highest BCUT2D eigenvalue weighted by molar-refractivity contribution is 6.31. The van der Waals surface area contributed by atoms with Crippen LogP contribution in [0.4, 0.5) is 0 Å². The minimum atomic E-state index is -0.698. The molecule has 0 bridgehead atoms. The Kier molecular flexibility index (Phi) is 5.23. The quantitative estimate of drug-likeness (QED) is 0.402. The molecule has 1 aliphatic rings. The number of ether oxygens (including phenoxy) is 1. The average Bonchev–Trinajstić information content (AvgIpc) is 3.12. The number of benzene rings is 3. The standard InChI is InChI=1S/C26H18ClNO5/c1-32-26(31)16-12-10-15(11-13-16)22-21-23(29)18-7-3-5-9-20(18)33-24(21)25(30)28(22)14-17-6-2-4-8-19(17)27/h2-13,22H,14H2,1H3/t22-/m1/s1. The molecular formula is C26H18ClNO5. The van der Waals surface area contributed by atoms with E-state index in [1.165, 1.54) is 7.11 Å². The number of hydrogen-bond acceptors (Lipinski definition) is 5. The number of carbonyl (C=O) groups is 2. The first kappa shape index (κ1) is 21.0. The Balaban J connectivity index is 1.69. The van der Waals surface area contributed by atoms with E-state index in [2.05, 4.69) is 0 Å². The van der Waals surface area contributed by atoms with E-state index in [1.54, 1.807) is 59.5 Å². The number of nitrogens with zero attached hydrogens (tertiary/aromatic N) is 1. The number of esters is 1. The van der Waals surface area contributed by atoms with Gasteiger partial charge in [-0.15, -0.1) is 0 Å². The SMILES string of the molecule is COC(=O)c1ccc([C@@H]2c3c(oc4ccccc4c3=O)C(=O)N2Cc2ccccc2Cl)cc1. The number of methoxy groups -OCH3 is 1. The van der Waals surface area contributed by atoms with Crippen LogP contribution in [-0.4, -0.2) is 23.9 Å². The van der Waals surface area contributed by atoms with Gasteiger partial charge in [0.05, 0.1) is 29.7 Å². The number of fused-ring (bicyclic) bond motifs is 2. The molecule has 3 aromatic carbocycles. The summed E-state index contributed by atoms with van der Waals surface area (Å²) >= 11 is 6.37. The van der Waals surface area contributed by atoms with Crippen LogP contribution in [0.3, 0.4) is 0 Å². The van der Waals surface area contributed by atoms with Crippen LogP contribution in [0.1, 0.15) is 43.6 Å². The number of rotatable bonds is 4. The van der Waals surface area contributed by atoms with Gasteiger partial charge in [0, 0.05) is 11.6 Å². The Morgan fingerprint density at radius 1 is 1.00 bits per heavy atom. The summed E-state index contributed by atoms with van der Waals surface area (Å²) in [6.45, 7) is 0.182. The molecule has 0 unspecified atom stereocenters. The lowest BCUT2D eigenvalue weighted by Gasteiger charge is -2.25. The van der Waals surface area contributed by atoms with Gasteiger partial charge in [0.1, 0.15) is 5.58 Å². The van der Waals surface area contributed by atoms with E-state index >= 15 is 0 Å². The number of halogens is 1. The fraction of sp³-hybridized carbons (Fsp3) is 0.115. The van der Waals surface area contributed by atoms with Gasteiger partial charge in [-0.3, -0.25) is 9.59 Å². The predicted molar refractivity (Wildman–Crippen MR) is 123 cm³/mol. The summed E-state index contributed by atoms with van der Waals surface area (Å²) in [6.07, 6.45) is 0. The monoisotopic (exact) mass is 459 g/mol. The van der Waals surface area contributed by atoms with E-state index in [-0.39, 0.29) is 23.3 Å². The smallest absolute Gasteiger partial charge is 0.337 e. The van der Waals surface area contributed by atoms with Crippen molar-refractivity contribution < 1.29 is 18.7 Å². The largest absolute Gasteiger partial charge is 0.465 e. The minimum Gasteiger partial charge on any atom is -0.465 e. The fourth-order valence-corrected chi connectivity index (χ4v) is 4.40. The van der Waals surface area contributed by atoms with E-state index in [4.69, 9.17) is 20.8 Å². The van der Waals surface area contributed by atoms with Crippen molar-refractivity contribution in [1.29, 1.82) is 0 Å². The van der Waals surface area contributed by atoms with Crippen LogP contribution >= 0.6 is 11.6 Å². The van der Waals surface area contributed by atoms with Gasteiger partial charge in [-0.1, -0.05) is 54.1 Å². The Hall–Kier alpha value is -3.90. The zero-order valence-electron chi connectivity index (χ0n) is 17.6. The second kappa shape index (κ2) is 8.22. The van der Waals surface area contributed by atoms with Gasteiger partial charge in [0.2, 0.25) is 5.76 Å². The van der Waals surface area contributed by atoms with Gasteiger partial charge in [-0.05, 0) is 41.5 Å². The summed E-state index contributed by atoms with van der Waals surface area (Å²) in [5.74, 6) is -0.842. The van der Waals surface area contributed by atoms with Crippen molar-refractivity contribution in [3.8, 4) is 0 Å². The molecule has 33 heavy (non-hydrogen) atoms. The third-order valence-corrected chi connectivity index (χ3v) is 6.19. The molecule has 0 spiro atoms. The van der Waals surface area contributed by atoms with E-state index in [9.17, 15) is 14.4 Å². The molecule has 0 N–H and O–H groups in total. The van der Waals surface area contributed by atoms with Crippen molar-refractivity contribution in [2.45, 2.75) is 12.6 Å². The van der Waals surface area contributed by atoms with Gasteiger partial charge in [0.25, 0.3) is 5.91 Å². The summed E-state index contributed by atoms with van der Waals surface area (Å²) in [5, 5.41) is 0.922. The fourth-order valence-electron chi connectivity index (χ4n) is 4.21. The molecule has 6 nitrogen and oxygen atoms in total. The lowest BCUT2D eigenvalue weighted by atomic mass is 9.97. The van der Waals surface area contributed by atoms with Gasteiger partial charge >= 0.3 is 5.97 Å². The maximum absolute atomic E-state index is 13.5. The molecule has 0 fully saturated rings. The minimum absolute atomic E-state index is 0.0211. The first-order valence-corrected chi connectivity index (χ1v) is 10.7. The normalized spacial score (nSPS) is 15.0. The Labute approximate surface area is 194 Å². The van der Waals surface area contributed by atoms with Crippen molar-refractivity contribution in [2.75, 3.05) is 7.11 Å². The molecule has 1 atom stereocenters. The number of amides is 1. The summed E-state index contributed by atoms with van der Waals surface area (Å²) in [4.78, 5) is 40.4. The summed E-state index contributed by atoms with van der Waals surface area (Å²) in [5.41, 5.74) is 2.15. The molecule has 0 radical (unpaired) electrons. The molecule has 2 heterocycles. The van der Waals surface area contributed by atoms with E-state index < -0.39 is 17.9 Å². The first-order valence-electron chi connectivity index (χ1n) is 10.3. The van der Waals surface area contributed by atoms with Crippen LogP contribution < -0.4 is 5.43 Å². The van der Waals surface area contributed by atoms with Crippen molar-refractivity contribution >= 4 is 34.4 Å². The lowest BCUT2D eigenvalue weighted by Crippen LogP contribution is -2.29. The molecule has 0 saturated carbocycles. The molecule has 1 aliphatic heterocycles. The topological polar surface area (TPSA) is 76.8 Å². The molecule has 5 rings (SSSR count). The van der Waals surface area contributed by atoms with Crippen molar-refractivity contribution in [3.63, 3.8) is 0 Å². The molecule has 0 aliphatic carbocycles. The molecule has 4 aromatic rings. The third-order valence-electron chi connectivity index (χ3n) is 5.82. The average molecular weight is 460 g/mol. The van der Waals surface area contributed by atoms with E-state index in [0.717, 1.165) is 5.56 Å². The van der Waals surface area contributed by atoms with Crippen LogP contribution in [-0.2, 0) is 11.3 Å². The predicted octanol–water partition coefficient (Wildman–Crippen LogP) is 4.98. The molecule has 1 amide bonds. The Morgan fingerprint density at radius 2 is 1.70 bits per heavy atom. The summed E-state index contributed by atoms with van der Waals surface area (Å²) < 4.78 is 10.7. The van der Waals surface area contributed by atoms with Crippen LogP contribution in [0, 0.1) is 0 Å². The van der Waals surface area contributed by atoms with Crippen molar-refractivity contribution in [3.05, 3.63) is 116 Å². The molecule has 7 heteroatoms. The highest BCUT2D eigenvalue weighted by Crippen LogP contribution is 2.39. The number of carbonyl (C=O) groups excluding carboxylic acids is 2. The van der Waals surface area contributed by atoms with Gasteiger partial charge in [-0.25, -0.2) is 4.79 Å². The Morgan fingerprint density at radius 3 is 2.42 bits per heavy atom. The highest BCUT2D eigenvalue weighted by Gasteiger charge is 2.42. The maximum atomic E-state index is 13.5.